The number of nitrogens with two attached hydrogens (primary N) is 2. The second-order valence-electron chi connectivity index (χ2n) is 23.3. The smallest absolute Gasteiger partial charge is 0.246 e. The zero-order valence-electron chi connectivity index (χ0n) is 50.6. The molecule has 10 atom stereocenters. The number of carbonyl (C=O) groups is 12. The van der Waals surface area contributed by atoms with Crippen LogP contribution in [0.3, 0.4) is 0 Å². The van der Waals surface area contributed by atoms with Gasteiger partial charge < -0.3 is 69.3 Å². The van der Waals surface area contributed by atoms with Gasteiger partial charge in [0.05, 0.1) is 6.42 Å². The fraction of sp³-hybridized carbons (Fsp3) is 0.438. The number of nitrogens with one attached hydrogen (secondary N) is 9. The van der Waals surface area contributed by atoms with Crippen molar-refractivity contribution in [3.8, 4) is 5.75 Å². The van der Waals surface area contributed by atoms with Crippen molar-refractivity contribution in [3.05, 3.63) is 138 Å². The third kappa shape index (κ3) is 21.0. The van der Waals surface area contributed by atoms with Gasteiger partial charge in [-0.05, 0) is 78.8 Å². The number of rotatable bonds is 16. The first kappa shape index (κ1) is 68.4. The highest BCUT2D eigenvalue weighted by Crippen LogP contribution is 2.22. The van der Waals surface area contributed by atoms with Gasteiger partial charge in [-0.15, -0.1) is 0 Å². The number of primary amides is 2. The Morgan fingerprint density at radius 1 is 0.472 bits per heavy atom. The summed E-state index contributed by atoms with van der Waals surface area (Å²) in [6.45, 7) is 8.32. The fourth-order valence-electron chi connectivity index (χ4n) is 10.5. The monoisotopic (exact) mass is 1230 g/mol. The number of hydrogen-bond acceptors (Lipinski definition) is 13. The van der Waals surface area contributed by atoms with Gasteiger partial charge in [-0.1, -0.05) is 131 Å². The molecule has 12 amide bonds. The Bertz CT molecular complexity index is 3150. The molecule has 2 fully saturated rings. The van der Waals surface area contributed by atoms with E-state index in [0.717, 1.165) is 0 Å². The largest absolute Gasteiger partial charge is 0.508 e. The molecule has 6 rings (SSSR count). The summed E-state index contributed by atoms with van der Waals surface area (Å²) in [7, 11) is 0. The number of carbonyl (C=O) groups excluding carboxylic acids is 12. The Labute approximate surface area is 516 Å². The average molecular weight is 1230 g/mol. The lowest BCUT2D eigenvalue weighted by Crippen LogP contribution is -2.62. The number of hydrogen-bond donors (Lipinski definition) is 12. The van der Waals surface area contributed by atoms with Crippen molar-refractivity contribution in [2.45, 2.75) is 159 Å². The Morgan fingerprint density at radius 2 is 0.876 bits per heavy atom. The standard InChI is InChI=1S/C64H82N12O13/c1-36(2)30-45-57(82)74-50(34-41-20-13-8-14-21-41)64(89)76-29-15-22-51(76)62(87)73-47(32-40-18-11-7-12-19-40)59(84)71-46(31-39-16-9-6-10-17-39)58(83)72-49(35-53(66)79)60(85)68-44(27-28-52(65)78)56(81)70-48(33-42-23-25-43(77)26-24-42)61(86)75-54(37(3)4)63(88)67-38(5)55(80)69-45/h6-14,16-21,23-26,36-38,44-51,54,77H,15,22,27-35H2,1-5H3,(H2,65,78)(H2,66,79)(H,67,88)(H,68,85)(H,69,80)(H,70,81)(H,71,84)(H,72,83)(H,73,87)(H,74,82)(H,75,86)/t38-,44-,45-,46+,47-,48-,49-,50+,51-,54-/m0/s1. The Kier molecular flexibility index (Phi) is 25.3. The van der Waals surface area contributed by atoms with Gasteiger partial charge in [0.15, 0.2) is 0 Å². The van der Waals surface area contributed by atoms with Gasteiger partial charge in [-0.25, -0.2) is 0 Å². The van der Waals surface area contributed by atoms with Crippen LogP contribution >= 0.6 is 0 Å². The van der Waals surface area contributed by atoms with Crippen molar-refractivity contribution >= 4 is 70.9 Å². The van der Waals surface area contributed by atoms with E-state index in [1.165, 1.54) is 36.1 Å². The second kappa shape index (κ2) is 32.9. The topological polar surface area (TPSA) is 389 Å². The van der Waals surface area contributed by atoms with Crippen LogP contribution in [0.15, 0.2) is 115 Å². The fourth-order valence-corrected chi connectivity index (χ4v) is 10.5. The van der Waals surface area contributed by atoms with Crippen LogP contribution in [0, 0.1) is 11.8 Å². The maximum absolute atomic E-state index is 15.0. The summed E-state index contributed by atoms with van der Waals surface area (Å²) in [5.41, 5.74) is 13.3. The Hall–Kier alpha value is -9.68. The normalized spacial score (nSPS) is 24.3. The van der Waals surface area contributed by atoms with E-state index in [1.807, 2.05) is 13.8 Å². The van der Waals surface area contributed by atoms with Crippen LogP contribution in [0.4, 0.5) is 0 Å². The molecule has 2 aliphatic rings. The predicted molar refractivity (Wildman–Crippen MR) is 327 cm³/mol. The Balaban J connectivity index is 1.44. The molecule has 0 radical (unpaired) electrons. The van der Waals surface area contributed by atoms with Crippen LogP contribution in [-0.2, 0) is 83.2 Å². The molecule has 4 aromatic rings. The minimum absolute atomic E-state index is 0.0332. The van der Waals surface area contributed by atoms with E-state index in [9.17, 15) is 57.8 Å². The lowest BCUT2D eigenvalue weighted by Gasteiger charge is -2.31. The third-order valence-corrected chi connectivity index (χ3v) is 15.3. The number of amides is 12. The first-order valence-corrected chi connectivity index (χ1v) is 29.9. The van der Waals surface area contributed by atoms with Crippen molar-refractivity contribution in [2.75, 3.05) is 6.54 Å². The second-order valence-corrected chi connectivity index (χ2v) is 23.3. The number of phenolic OH excluding ortho intramolecular Hbond substituents is 1. The number of phenols is 1. The highest BCUT2D eigenvalue weighted by Gasteiger charge is 2.41. The lowest BCUT2D eigenvalue weighted by atomic mass is 9.99. The molecular weight excluding hydrogens is 1140 g/mol. The molecule has 2 heterocycles. The molecule has 476 valence electrons. The predicted octanol–water partition coefficient (Wildman–Crippen LogP) is -0.107. The summed E-state index contributed by atoms with van der Waals surface area (Å²) in [5.74, 6) is -11.7. The molecule has 0 saturated carbocycles. The molecule has 4 aromatic carbocycles. The van der Waals surface area contributed by atoms with E-state index in [1.54, 1.807) is 105 Å². The number of aromatic hydroxyl groups is 1. The van der Waals surface area contributed by atoms with Gasteiger partial charge in [-0.2, -0.15) is 0 Å². The molecule has 25 nitrogen and oxygen atoms in total. The van der Waals surface area contributed by atoms with Gasteiger partial charge >= 0.3 is 0 Å². The van der Waals surface area contributed by atoms with Crippen LogP contribution in [0.2, 0.25) is 0 Å². The van der Waals surface area contributed by atoms with Gasteiger partial charge in [0.25, 0.3) is 0 Å². The van der Waals surface area contributed by atoms with E-state index in [2.05, 4.69) is 47.9 Å². The molecule has 0 bridgehead atoms. The van der Waals surface area contributed by atoms with E-state index in [0.29, 0.717) is 28.7 Å². The number of benzene rings is 4. The molecule has 89 heavy (non-hydrogen) atoms. The molecule has 0 unspecified atom stereocenters. The highest BCUT2D eigenvalue weighted by molar-refractivity contribution is 6.00. The Morgan fingerprint density at radius 3 is 1.36 bits per heavy atom. The quantitative estimate of drug-likeness (QED) is 0.0698. The molecule has 0 aromatic heterocycles. The molecule has 0 spiro atoms. The number of nitrogens with zero attached hydrogens (tertiary/aromatic N) is 1. The van der Waals surface area contributed by atoms with Gasteiger partial charge in [0.1, 0.15) is 66.2 Å². The summed E-state index contributed by atoms with van der Waals surface area (Å²) < 4.78 is 0. The lowest BCUT2D eigenvalue weighted by molar-refractivity contribution is -0.142. The first-order chi connectivity index (χ1) is 42.3. The molecule has 14 N–H and O–H groups in total. The highest BCUT2D eigenvalue weighted by atomic mass is 16.3. The van der Waals surface area contributed by atoms with Crippen LogP contribution in [0.25, 0.3) is 0 Å². The summed E-state index contributed by atoms with van der Waals surface area (Å²) >= 11 is 0. The van der Waals surface area contributed by atoms with Gasteiger partial charge in [-0.3, -0.25) is 57.5 Å². The van der Waals surface area contributed by atoms with Crippen LogP contribution < -0.4 is 59.3 Å². The van der Waals surface area contributed by atoms with Crippen LogP contribution in [0.1, 0.15) is 95.4 Å². The van der Waals surface area contributed by atoms with E-state index in [4.69, 9.17) is 11.5 Å². The van der Waals surface area contributed by atoms with Gasteiger partial charge in [0.2, 0.25) is 70.9 Å². The zero-order valence-corrected chi connectivity index (χ0v) is 50.6. The van der Waals surface area contributed by atoms with Crippen molar-refractivity contribution < 1.29 is 62.6 Å². The zero-order chi connectivity index (χ0) is 64.9. The molecule has 0 aliphatic carbocycles. The summed E-state index contributed by atoms with van der Waals surface area (Å²) in [6, 6.07) is 17.1. The van der Waals surface area contributed by atoms with E-state index in [-0.39, 0.29) is 56.7 Å². The first-order valence-electron chi connectivity index (χ1n) is 29.9. The summed E-state index contributed by atoms with van der Waals surface area (Å²) in [4.78, 5) is 172. The minimum Gasteiger partial charge on any atom is -0.508 e. The van der Waals surface area contributed by atoms with Crippen LogP contribution in [0.5, 0.6) is 5.75 Å². The average Bonchev–Trinajstić information content (AvgIpc) is 4.26. The van der Waals surface area contributed by atoms with Crippen LogP contribution in [-0.4, -0.2) is 148 Å². The third-order valence-electron chi connectivity index (χ3n) is 15.3. The van der Waals surface area contributed by atoms with E-state index >= 15 is 4.79 Å². The minimum atomic E-state index is -1.84. The van der Waals surface area contributed by atoms with Crippen molar-refractivity contribution in [3.63, 3.8) is 0 Å². The molecule has 25 heteroatoms. The summed E-state index contributed by atoms with van der Waals surface area (Å²) in [6.07, 6.45) is -1.86. The van der Waals surface area contributed by atoms with Crippen molar-refractivity contribution in [2.24, 2.45) is 23.3 Å². The maximum Gasteiger partial charge on any atom is 0.246 e. The van der Waals surface area contributed by atoms with Gasteiger partial charge in [0, 0.05) is 38.6 Å². The molecular formula is C64H82N12O13. The maximum atomic E-state index is 15.0. The molecule has 2 saturated heterocycles. The summed E-state index contributed by atoms with van der Waals surface area (Å²) in [5, 5.41) is 34.0. The van der Waals surface area contributed by atoms with Crippen molar-refractivity contribution in [1.82, 2.24) is 52.8 Å². The number of fused-ring (bicyclic) bond motifs is 1. The van der Waals surface area contributed by atoms with E-state index < -0.39 is 156 Å². The SMILES string of the molecule is CC(C)C[C@@H]1NC(=O)[C@H](C)NC(=O)[C@H](C(C)C)NC(=O)[C@H](Cc2ccc(O)cc2)NC(=O)[C@H](CCC(N)=O)NC(=O)[C@H](CC(N)=O)NC(=O)[C@@H](Cc2ccccc2)NC(=O)[C@H](Cc2ccccc2)NC(=O)[C@@H]2CCCN2C(=O)[C@@H](Cc2ccccc2)NC1=O. The molecule has 2 aliphatic heterocycles. The van der Waals surface area contributed by atoms with Crippen molar-refractivity contribution in [1.29, 1.82) is 0 Å².